The number of carbonyl (C=O) groups is 1. The first-order chi connectivity index (χ1) is 6.15. The van der Waals surface area contributed by atoms with Crippen LogP contribution in [0.2, 0.25) is 0 Å². The highest BCUT2D eigenvalue weighted by atomic mass is 32.1. The minimum atomic E-state index is -1.03. The zero-order valence-electron chi connectivity index (χ0n) is 6.72. The molecule has 1 aromatic heterocycles. The second kappa shape index (κ2) is 4.23. The average molecular weight is 214 g/mol. The first kappa shape index (κ1) is 9.98. The number of nitrogens with zero attached hydrogens (tertiary/aromatic N) is 2. The van der Waals surface area contributed by atoms with E-state index in [1.807, 2.05) is 0 Å². The Morgan fingerprint density at radius 2 is 2.62 bits per heavy atom. The van der Waals surface area contributed by atoms with Crippen molar-refractivity contribution in [2.45, 2.75) is 13.0 Å². The molecule has 0 radical (unpaired) electrons. The lowest BCUT2D eigenvalue weighted by molar-refractivity contribution is 0.0691. The maximum Gasteiger partial charge on any atom is 0.355 e. The first-order valence-corrected chi connectivity index (χ1v) is 4.69. The van der Waals surface area contributed by atoms with Crippen LogP contribution >= 0.6 is 23.6 Å². The summed E-state index contributed by atoms with van der Waals surface area (Å²) in [6, 6.07) is -0.212. The highest BCUT2D eigenvalue weighted by Gasteiger charge is 2.12. The fourth-order valence-electron chi connectivity index (χ4n) is 0.712. The molecule has 0 aliphatic heterocycles. The van der Waals surface area contributed by atoms with Gasteiger partial charge >= 0.3 is 5.97 Å². The molecule has 4 nitrogen and oxygen atoms in total. The molecule has 0 spiro atoms. The lowest BCUT2D eigenvalue weighted by Crippen LogP contribution is -1.97. The van der Waals surface area contributed by atoms with Crippen molar-refractivity contribution >= 4 is 34.7 Å². The zero-order chi connectivity index (χ0) is 9.84. The van der Waals surface area contributed by atoms with E-state index in [1.54, 1.807) is 6.92 Å². The molecule has 1 N–H and O–H groups in total. The third-order valence-electron chi connectivity index (χ3n) is 1.34. The number of carboxylic acid groups (broad SMARTS) is 1. The van der Waals surface area contributed by atoms with Crippen LogP contribution in [0.5, 0.6) is 0 Å². The smallest absolute Gasteiger partial charge is 0.355 e. The number of isothiocyanates is 1. The van der Waals surface area contributed by atoms with Gasteiger partial charge in [0.25, 0.3) is 0 Å². The molecule has 0 saturated heterocycles. The van der Waals surface area contributed by atoms with Gasteiger partial charge in [0.15, 0.2) is 5.69 Å². The van der Waals surface area contributed by atoms with Gasteiger partial charge in [-0.05, 0) is 19.1 Å². The summed E-state index contributed by atoms with van der Waals surface area (Å²) in [5, 5.41) is 12.9. The van der Waals surface area contributed by atoms with E-state index in [-0.39, 0.29) is 11.7 Å². The maximum absolute atomic E-state index is 10.5. The zero-order valence-corrected chi connectivity index (χ0v) is 8.35. The number of rotatable bonds is 3. The Kier molecular flexibility index (Phi) is 3.25. The summed E-state index contributed by atoms with van der Waals surface area (Å²) in [5.41, 5.74) is 0.0476. The van der Waals surface area contributed by atoms with Crippen LogP contribution in [0, 0.1) is 0 Å². The fraction of sp³-hybridized carbons (Fsp3) is 0.286. The Labute approximate surface area is 84.0 Å². The molecule has 13 heavy (non-hydrogen) atoms. The summed E-state index contributed by atoms with van der Waals surface area (Å²) < 4.78 is 0. The maximum atomic E-state index is 10.5. The number of thiocarbonyl (C=S) groups is 1. The van der Waals surface area contributed by atoms with Gasteiger partial charge in [0.2, 0.25) is 0 Å². The second-order valence-electron chi connectivity index (χ2n) is 2.27. The first-order valence-electron chi connectivity index (χ1n) is 3.41. The van der Waals surface area contributed by atoms with Crippen LogP contribution in [0.1, 0.15) is 28.5 Å². The number of carboxylic acids is 1. The molecule has 1 atom stereocenters. The molecule has 0 fully saturated rings. The third kappa shape index (κ3) is 2.42. The highest BCUT2D eigenvalue weighted by molar-refractivity contribution is 7.78. The van der Waals surface area contributed by atoms with Crippen LogP contribution in [-0.4, -0.2) is 21.2 Å². The van der Waals surface area contributed by atoms with E-state index >= 15 is 0 Å². The molecule has 1 heterocycles. The van der Waals surface area contributed by atoms with Gasteiger partial charge in [0.1, 0.15) is 11.0 Å². The van der Waals surface area contributed by atoms with Crippen molar-refractivity contribution < 1.29 is 9.90 Å². The van der Waals surface area contributed by atoms with Gasteiger partial charge < -0.3 is 5.11 Å². The second-order valence-corrected chi connectivity index (χ2v) is 3.34. The predicted octanol–water partition coefficient (Wildman–Crippen LogP) is 2.01. The van der Waals surface area contributed by atoms with E-state index in [0.29, 0.717) is 5.01 Å². The van der Waals surface area contributed by atoms with Crippen molar-refractivity contribution in [3.63, 3.8) is 0 Å². The van der Waals surface area contributed by atoms with Crippen LogP contribution in [0.25, 0.3) is 0 Å². The van der Waals surface area contributed by atoms with E-state index < -0.39 is 5.97 Å². The molecule has 1 unspecified atom stereocenters. The van der Waals surface area contributed by atoms with Gasteiger partial charge in [-0.2, -0.15) is 0 Å². The lowest BCUT2D eigenvalue weighted by atomic mass is 10.4. The summed E-state index contributed by atoms with van der Waals surface area (Å²) in [6.45, 7) is 1.78. The molecule has 1 rings (SSSR count). The summed E-state index contributed by atoms with van der Waals surface area (Å²) in [5.74, 6) is -1.03. The number of hydrogen-bond donors (Lipinski definition) is 1. The molecule has 0 saturated carbocycles. The SMILES string of the molecule is CC(N=C=S)c1nc(C(=O)O)cs1. The van der Waals surface area contributed by atoms with Crippen molar-refractivity contribution in [3.05, 3.63) is 16.1 Å². The Bertz CT molecular complexity index is 368. The monoisotopic (exact) mass is 214 g/mol. The normalized spacial score (nSPS) is 11.8. The molecular formula is C7H6N2O2S2. The summed E-state index contributed by atoms with van der Waals surface area (Å²) in [4.78, 5) is 18.1. The Hall–Kier alpha value is -1.10. The van der Waals surface area contributed by atoms with Gasteiger partial charge in [-0.15, -0.1) is 11.3 Å². The number of aromatic carboxylic acids is 1. The van der Waals surface area contributed by atoms with E-state index in [0.717, 1.165) is 0 Å². The van der Waals surface area contributed by atoms with E-state index in [4.69, 9.17) is 5.11 Å². The molecule has 1 aromatic rings. The van der Waals surface area contributed by atoms with Crippen molar-refractivity contribution in [2.24, 2.45) is 4.99 Å². The van der Waals surface area contributed by atoms with E-state index in [1.165, 1.54) is 16.7 Å². The van der Waals surface area contributed by atoms with Crippen molar-refractivity contribution in [1.82, 2.24) is 4.98 Å². The number of aliphatic imine (C=N–C) groups is 1. The number of hydrogen-bond acceptors (Lipinski definition) is 5. The number of thiazole rings is 1. The standard InChI is InChI=1S/C7H6N2O2S2/c1-4(8-3-12)6-9-5(2-13-6)7(10)11/h2,4H,1H3,(H,10,11). The molecule has 6 heteroatoms. The quantitative estimate of drug-likeness (QED) is 0.617. The Morgan fingerprint density at radius 3 is 3.08 bits per heavy atom. The third-order valence-corrected chi connectivity index (χ3v) is 2.47. The van der Waals surface area contributed by atoms with Gasteiger partial charge in [-0.3, -0.25) is 0 Å². The fourth-order valence-corrected chi connectivity index (χ4v) is 1.66. The molecule has 0 aromatic carbocycles. The molecule has 68 valence electrons. The largest absolute Gasteiger partial charge is 0.476 e. The topological polar surface area (TPSA) is 62.5 Å². The molecule has 0 amide bonds. The van der Waals surface area contributed by atoms with Crippen LogP contribution in [0.4, 0.5) is 0 Å². The van der Waals surface area contributed by atoms with Crippen molar-refractivity contribution in [2.75, 3.05) is 0 Å². The van der Waals surface area contributed by atoms with Gasteiger partial charge in [0.05, 0.1) is 5.16 Å². The highest BCUT2D eigenvalue weighted by Crippen LogP contribution is 2.20. The minimum absolute atomic E-state index is 0.0476. The van der Waals surface area contributed by atoms with Crippen molar-refractivity contribution in [3.8, 4) is 0 Å². The summed E-state index contributed by atoms with van der Waals surface area (Å²) in [7, 11) is 0. The Balaban J connectivity index is 2.91. The molecule has 0 aliphatic rings. The average Bonchev–Trinajstić information content (AvgIpc) is 2.52. The summed E-state index contributed by atoms with van der Waals surface area (Å²) in [6.07, 6.45) is 0. The van der Waals surface area contributed by atoms with E-state index in [2.05, 4.69) is 27.4 Å². The molecular weight excluding hydrogens is 208 g/mol. The van der Waals surface area contributed by atoms with Gasteiger partial charge in [-0.1, -0.05) is 0 Å². The van der Waals surface area contributed by atoms with Crippen molar-refractivity contribution in [1.29, 1.82) is 0 Å². The van der Waals surface area contributed by atoms with Gasteiger partial charge in [-0.25, -0.2) is 14.8 Å². The predicted molar refractivity (Wildman–Crippen MR) is 52.5 cm³/mol. The Morgan fingerprint density at radius 1 is 1.92 bits per heavy atom. The van der Waals surface area contributed by atoms with E-state index in [9.17, 15) is 4.79 Å². The van der Waals surface area contributed by atoms with Crippen LogP contribution in [0.3, 0.4) is 0 Å². The van der Waals surface area contributed by atoms with Crippen LogP contribution < -0.4 is 0 Å². The lowest BCUT2D eigenvalue weighted by Gasteiger charge is -1.95. The van der Waals surface area contributed by atoms with Gasteiger partial charge in [0, 0.05) is 5.38 Å². The van der Waals surface area contributed by atoms with Crippen LogP contribution in [0.15, 0.2) is 10.4 Å². The molecule has 0 aliphatic carbocycles. The molecule has 0 bridgehead atoms. The number of aromatic nitrogens is 1. The minimum Gasteiger partial charge on any atom is -0.476 e. The van der Waals surface area contributed by atoms with Crippen LogP contribution in [-0.2, 0) is 0 Å². The summed E-state index contributed by atoms with van der Waals surface area (Å²) >= 11 is 5.68.